The average molecular weight is 223 g/mol. The minimum absolute atomic E-state index is 0.377. The summed E-state index contributed by atoms with van der Waals surface area (Å²) in [6.07, 6.45) is 5.06. The number of nitrogens with zero attached hydrogens (tertiary/aromatic N) is 2. The molecule has 0 aliphatic heterocycles. The normalized spacial score (nSPS) is 12.1. The molecule has 0 radical (unpaired) electrons. The van der Waals surface area contributed by atoms with Crippen LogP contribution in [-0.2, 0) is 6.54 Å². The average Bonchev–Trinajstić information content (AvgIpc) is 2.49. The van der Waals surface area contributed by atoms with Crippen molar-refractivity contribution in [1.29, 1.82) is 0 Å². The molecule has 0 aliphatic rings. The Morgan fingerprint density at radius 3 is 2.62 bits per heavy atom. The number of nitrogens with one attached hydrogen (secondary N) is 1. The van der Waals surface area contributed by atoms with E-state index in [1.54, 1.807) is 0 Å². The molecule has 3 heteroatoms. The summed E-state index contributed by atoms with van der Waals surface area (Å²) in [5.41, 5.74) is 0.377. The Morgan fingerprint density at radius 2 is 2.06 bits per heavy atom. The van der Waals surface area contributed by atoms with Gasteiger partial charge in [0.1, 0.15) is 0 Å². The highest BCUT2D eigenvalue weighted by Gasteiger charge is 2.10. The van der Waals surface area contributed by atoms with Gasteiger partial charge in [-0.05, 0) is 17.8 Å². The lowest BCUT2D eigenvalue weighted by Gasteiger charge is -2.19. The lowest BCUT2D eigenvalue weighted by Crippen LogP contribution is -2.16. The molecule has 1 aromatic rings. The smallest absolute Gasteiger partial charge is 0.202 e. The molecule has 0 atom stereocenters. The van der Waals surface area contributed by atoms with Crippen LogP contribution in [-0.4, -0.2) is 16.1 Å². The molecule has 92 valence electrons. The molecule has 0 unspecified atom stereocenters. The highest BCUT2D eigenvalue weighted by atomic mass is 15.2. The second kappa shape index (κ2) is 5.37. The van der Waals surface area contributed by atoms with E-state index in [1.165, 1.54) is 0 Å². The first kappa shape index (κ1) is 13.1. The largest absolute Gasteiger partial charge is 0.356 e. The molecule has 1 rings (SSSR count). The monoisotopic (exact) mass is 223 g/mol. The standard InChI is InChI=1S/C13H25N3/c1-11(2)10-16-9-8-15-12(16)14-7-6-13(3,4)5/h8-9,11H,6-7,10H2,1-5H3,(H,14,15). The maximum Gasteiger partial charge on any atom is 0.202 e. The lowest BCUT2D eigenvalue weighted by molar-refractivity contribution is 0.389. The molecule has 0 saturated carbocycles. The van der Waals surface area contributed by atoms with Gasteiger partial charge in [-0.15, -0.1) is 0 Å². The summed E-state index contributed by atoms with van der Waals surface area (Å²) in [4.78, 5) is 4.34. The van der Waals surface area contributed by atoms with Crippen molar-refractivity contribution in [3.05, 3.63) is 12.4 Å². The van der Waals surface area contributed by atoms with Gasteiger partial charge in [-0.2, -0.15) is 0 Å². The Bertz CT molecular complexity index is 307. The number of aromatic nitrogens is 2. The molecule has 0 amide bonds. The molecule has 0 aliphatic carbocycles. The number of imidazole rings is 1. The van der Waals surface area contributed by atoms with Crippen LogP contribution in [0.3, 0.4) is 0 Å². The molecule has 3 nitrogen and oxygen atoms in total. The Hall–Kier alpha value is -0.990. The van der Waals surface area contributed by atoms with Crippen LogP contribution in [0.15, 0.2) is 12.4 Å². The molecule has 0 aromatic carbocycles. The molecule has 0 fully saturated rings. The van der Waals surface area contributed by atoms with E-state index in [2.05, 4.69) is 49.5 Å². The van der Waals surface area contributed by atoms with Crippen molar-refractivity contribution in [2.24, 2.45) is 11.3 Å². The van der Waals surface area contributed by atoms with Gasteiger partial charge in [0.25, 0.3) is 0 Å². The van der Waals surface area contributed by atoms with Crippen molar-refractivity contribution in [3.8, 4) is 0 Å². The van der Waals surface area contributed by atoms with Crippen LogP contribution in [0.2, 0.25) is 0 Å². The van der Waals surface area contributed by atoms with Gasteiger partial charge in [0, 0.05) is 25.5 Å². The molecule has 0 saturated heterocycles. The second-order valence-electron chi connectivity index (χ2n) is 6.03. The predicted molar refractivity (Wildman–Crippen MR) is 69.6 cm³/mol. The van der Waals surface area contributed by atoms with Crippen LogP contribution in [0, 0.1) is 11.3 Å². The minimum atomic E-state index is 0.377. The third-order valence-corrected chi connectivity index (χ3v) is 2.44. The molecule has 16 heavy (non-hydrogen) atoms. The van der Waals surface area contributed by atoms with E-state index in [9.17, 15) is 0 Å². The van der Waals surface area contributed by atoms with E-state index in [-0.39, 0.29) is 0 Å². The van der Waals surface area contributed by atoms with Gasteiger partial charge >= 0.3 is 0 Å². The molecule has 1 heterocycles. The molecule has 0 spiro atoms. The highest BCUT2D eigenvalue weighted by molar-refractivity contribution is 5.25. The van der Waals surface area contributed by atoms with Gasteiger partial charge in [-0.25, -0.2) is 4.98 Å². The van der Waals surface area contributed by atoms with Crippen LogP contribution < -0.4 is 5.32 Å². The summed E-state index contributed by atoms with van der Waals surface area (Å²) in [6, 6.07) is 0. The van der Waals surface area contributed by atoms with Crippen molar-refractivity contribution >= 4 is 5.95 Å². The predicted octanol–water partition coefficient (Wildman–Crippen LogP) is 3.39. The fourth-order valence-corrected chi connectivity index (χ4v) is 1.57. The van der Waals surface area contributed by atoms with E-state index < -0.39 is 0 Å². The zero-order valence-electron chi connectivity index (χ0n) is 11.2. The van der Waals surface area contributed by atoms with Gasteiger partial charge in [0.15, 0.2) is 0 Å². The molecule has 1 aromatic heterocycles. The number of hydrogen-bond acceptors (Lipinski definition) is 2. The van der Waals surface area contributed by atoms with Crippen molar-refractivity contribution in [1.82, 2.24) is 9.55 Å². The van der Waals surface area contributed by atoms with E-state index in [1.807, 2.05) is 12.4 Å². The molecule has 0 bridgehead atoms. The first-order valence-electron chi connectivity index (χ1n) is 6.13. The van der Waals surface area contributed by atoms with Crippen molar-refractivity contribution in [3.63, 3.8) is 0 Å². The Balaban J connectivity index is 2.45. The van der Waals surface area contributed by atoms with E-state index in [0.29, 0.717) is 11.3 Å². The molecular weight excluding hydrogens is 198 g/mol. The first-order valence-corrected chi connectivity index (χ1v) is 6.13. The van der Waals surface area contributed by atoms with Crippen LogP contribution in [0.25, 0.3) is 0 Å². The Kier molecular flexibility index (Phi) is 4.39. The van der Waals surface area contributed by atoms with E-state index in [4.69, 9.17) is 0 Å². The van der Waals surface area contributed by atoms with E-state index >= 15 is 0 Å². The summed E-state index contributed by atoms with van der Waals surface area (Å²) in [7, 11) is 0. The van der Waals surface area contributed by atoms with Crippen LogP contribution in [0.1, 0.15) is 41.0 Å². The van der Waals surface area contributed by atoms with Crippen molar-refractivity contribution < 1.29 is 0 Å². The van der Waals surface area contributed by atoms with Crippen LogP contribution in [0.4, 0.5) is 5.95 Å². The Labute approximate surface area is 99.3 Å². The fraction of sp³-hybridized carbons (Fsp3) is 0.769. The molecule has 1 N–H and O–H groups in total. The van der Waals surface area contributed by atoms with Crippen molar-refractivity contribution in [2.45, 2.75) is 47.6 Å². The quantitative estimate of drug-likeness (QED) is 0.829. The van der Waals surface area contributed by atoms with Crippen LogP contribution in [0.5, 0.6) is 0 Å². The number of hydrogen-bond donors (Lipinski definition) is 1. The SMILES string of the molecule is CC(C)Cn1ccnc1NCCC(C)(C)C. The molecular formula is C13H25N3. The third kappa shape index (κ3) is 4.69. The number of anilines is 1. The highest BCUT2D eigenvalue weighted by Crippen LogP contribution is 2.18. The maximum absolute atomic E-state index is 4.34. The summed E-state index contributed by atoms with van der Waals surface area (Å²) >= 11 is 0. The van der Waals surface area contributed by atoms with Crippen molar-refractivity contribution in [2.75, 3.05) is 11.9 Å². The summed E-state index contributed by atoms with van der Waals surface area (Å²) in [5.74, 6) is 1.65. The van der Waals surface area contributed by atoms with Gasteiger partial charge in [0.2, 0.25) is 5.95 Å². The number of rotatable bonds is 5. The second-order valence-corrected chi connectivity index (χ2v) is 6.03. The minimum Gasteiger partial charge on any atom is -0.356 e. The topological polar surface area (TPSA) is 29.9 Å². The maximum atomic E-state index is 4.34. The Morgan fingerprint density at radius 1 is 1.38 bits per heavy atom. The van der Waals surface area contributed by atoms with Gasteiger partial charge in [-0.3, -0.25) is 0 Å². The lowest BCUT2D eigenvalue weighted by atomic mass is 9.92. The summed E-state index contributed by atoms with van der Waals surface area (Å²) < 4.78 is 2.19. The van der Waals surface area contributed by atoms with Gasteiger partial charge in [-0.1, -0.05) is 34.6 Å². The fourth-order valence-electron chi connectivity index (χ4n) is 1.57. The summed E-state index contributed by atoms with van der Waals surface area (Å²) in [6.45, 7) is 13.2. The van der Waals surface area contributed by atoms with E-state index in [0.717, 1.165) is 25.5 Å². The first-order chi connectivity index (χ1) is 7.38. The third-order valence-electron chi connectivity index (χ3n) is 2.44. The van der Waals surface area contributed by atoms with Gasteiger partial charge in [0.05, 0.1) is 0 Å². The zero-order chi connectivity index (χ0) is 12.2. The van der Waals surface area contributed by atoms with Gasteiger partial charge < -0.3 is 9.88 Å². The zero-order valence-corrected chi connectivity index (χ0v) is 11.2. The summed E-state index contributed by atoms with van der Waals surface area (Å²) in [5, 5.41) is 3.41. The van der Waals surface area contributed by atoms with Crippen LogP contribution >= 0.6 is 0 Å².